The molecule has 10 heteroatoms. The van der Waals surface area contributed by atoms with Crippen LogP contribution in [0.1, 0.15) is 194 Å². The molecule has 0 radical (unpaired) electrons. The van der Waals surface area contributed by atoms with Crippen LogP contribution in [0.5, 0.6) is 0 Å². The van der Waals surface area contributed by atoms with Crippen molar-refractivity contribution in [2.45, 2.75) is 230 Å². The monoisotopic (exact) mass is 731 g/mol. The van der Waals surface area contributed by atoms with Crippen molar-refractivity contribution in [3.8, 4) is 0 Å². The van der Waals surface area contributed by atoms with Crippen molar-refractivity contribution in [2.75, 3.05) is 19.8 Å². The molecule has 302 valence electrons. The zero-order chi connectivity index (χ0) is 37.4. The molecule has 6 atom stereocenters. The Morgan fingerprint density at radius 3 is 1.33 bits per heavy atom. The Kier molecular flexibility index (Phi) is 31.1. The molecule has 1 rings (SSSR count). The summed E-state index contributed by atoms with van der Waals surface area (Å²) in [7, 11) is 0. The van der Waals surface area contributed by atoms with E-state index in [0.717, 1.165) is 38.5 Å². The van der Waals surface area contributed by atoms with E-state index < -0.39 is 49.4 Å². The summed E-state index contributed by atoms with van der Waals surface area (Å²) < 4.78 is 22.1. The first-order valence-corrected chi connectivity index (χ1v) is 21.1. The number of ether oxygens (including phenoxy) is 4. The van der Waals surface area contributed by atoms with Crippen molar-refractivity contribution in [2.24, 2.45) is 0 Å². The molecule has 0 saturated carbocycles. The number of hydrogen-bond acceptors (Lipinski definition) is 10. The Morgan fingerprint density at radius 2 is 0.922 bits per heavy atom. The van der Waals surface area contributed by atoms with E-state index in [0.29, 0.717) is 6.42 Å². The molecule has 0 aliphatic carbocycles. The van der Waals surface area contributed by atoms with Crippen molar-refractivity contribution in [1.82, 2.24) is 0 Å². The first-order chi connectivity index (χ1) is 24.8. The molecule has 0 aromatic carbocycles. The molecule has 51 heavy (non-hydrogen) atoms. The number of carbonyl (C=O) groups excluding carboxylic acids is 2. The number of aliphatic hydroxyl groups excluding tert-OH is 4. The van der Waals surface area contributed by atoms with Gasteiger partial charge in [-0.2, -0.15) is 0 Å². The van der Waals surface area contributed by atoms with Gasteiger partial charge in [0.2, 0.25) is 0 Å². The third-order valence-electron chi connectivity index (χ3n) is 9.99. The Morgan fingerprint density at radius 1 is 0.529 bits per heavy atom. The topological polar surface area (TPSA) is 152 Å². The summed E-state index contributed by atoms with van der Waals surface area (Å²) in [5.41, 5.74) is 0. The van der Waals surface area contributed by atoms with E-state index in [1.54, 1.807) is 0 Å². The van der Waals surface area contributed by atoms with E-state index in [-0.39, 0.29) is 32.0 Å². The Bertz CT molecular complexity index is 809. The molecule has 0 amide bonds. The van der Waals surface area contributed by atoms with Crippen molar-refractivity contribution >= 4 is 11.9 Å². The zero-order valence-electron chi connectivity index (χ0n) is 32.6. The van der Waals surface area contributed by atoms with Crippen LogP contribution >= 0.6 is 0 Å². The van der Waals surface area contributed by atoms with Gasteiger partial charge in [-0.3, -0.25) is 9.59 Å². The number of carbonyl (C=O) groups is 2. The first-order valence-electron chi connectivity index (χ1n) is 21.1. The van der Waals surface area contributed by atoms with Gasteiger partial charge in [-0.1, -0.05) is 168 Å². The standard InChI is InChI=1S/C41H78O10/c1-3-5-7-9-11-13-15-17-19-21-23-25-27-29-36(43)48-32-34(33-49-41-40(47)39(46)38(45)35(31-42)51-41)50-37(44)30-28-26-24-22-20-18-16-14-12-10-8-6-4-2/h34-35,38-42,45-47H,3-33H2,1-2H3/t34-,35+,38+,39-,40+,41+/m0/s1. The molecule has 1 fully saturated rings. The van der Waals surface area contributed by atoms with Gasteiger partial charge < -0.3 is 39.4 Å². The number of esters is 2. The highest BCUT2D eigenvalue weighted by Crippen LogP contribution is 2.23. The maximum Gasteiger partial charge on any atom is 0.306 e. The molecule has 0 unspecified atom stereocenters. The number of aliphatic hydroxyl groups is 4. The lowest BCUT2D eigenvalue weighted by Gasteiger charge is -2.39. The molecule has 10 nitrogen and oxygen atoms in total. The zero-order valence-corrected chi connectivity index (χ0v) is 32.6. The third-order valence-corrected chi connectivity index (χ3v) is 9.99. The summed E-state index contributed by atoms with van der Waals surface area (Å²) in [6.07, 6.45) is 23.9. The molecule has 1 aliphatic rings. The number of unbranched alkanes of at least 4 members (excludes halogenated alkanes) is 24. The molecule has 0 spiro atoms. The lowest BCUT2D eigenvalue weighted by atomic mass is 9.99. The second kappa shape index (κ2) is 33.3. The Hall–Kier alpha value is -1.30. The predicted molar refractivity (Wildman–Crippen MR) is 201 cm³/mol. The maximum absolute atomic E-state index is 12.7. The summed E-state index contributed by atoms with van der Waals surface area (Å²) in [4.78, 5) is 25.2. The van der Waals surface area contributed by atoms with Crippen molar-refractivity contribution in [3.05, 3.63) is 0 Å². The van der Waals surface area contributed by atoms with E-state index in [9.17, 15) is 30.0 Å². The van der Waals surface area contributed by atoms with Crippen LogP contribution in [0, 0.1) is 0 Å². The molecular formula is C41H78O10. The summed E-state index contributed by atoms with van der Waals surface area (Å²) >= 11 is 0. The van der Waals surface area contributed by atoms with Crippen LogP contribution < -0.4 is 0 Å². The Balaban J connectivity index is 2.35. The minimum absolute atomic E-state index is 0.209. The van der Waals surface area contributed by atoms with E-state index in [1.807, 2.05) is 0 Å². The van der Waals surface area contributed by atoms with Crippen LogP contribution in [0.4, 0.5) is 0 Å². The quantitative estimate of drug-likeness (QED) is 0.0371. The summed E-state index contributed by atoms with van der Waals surface area (Å²) in [6, 6.07) is 0. The number of hydrogen-bond donors (Lipinski definition) is 4. The fourth-order valence-corrected chi connectivity index (χ4v) is 6.60. The van der Waals surface area contributed by atoms with E-state index in [4.69, 9.17) is 18.9 Å². The van der Waals surface area contributed by atoms with Crippen molar-refractivity contribution in [1.29, 1.82) is 0 Å². The van der Waals surface area contributed by atoms with E-state index in [2.05, 4.69) is 13.8 Å². The molecule has 1 aliphatic heterocycles. The van der Waals surface area contributed by atoms with Gasteiger partial charge in [0.25, 0.3) is 0 Å². The van der Waals surface area contributed by atoms with Crippen LogP contribution in [0.25, 0.3) is 0 Å². The van der Waals surface area contributed by atoms with Crippen molar-refractivity contribution in [3.63, 3.8) is 0 Å². The normalized spacial score (nSPS) is 21.1. The van der Waals surface area contributed by atoms with Gasteiger partial charge >= 0.3 is 11.9 Å². The summed E-state index contributed by atoms with van der Waals surface area (Å²) in [5.74, 6) is -0.795. The van der Waals surface area contributed by atoms with Gasteiger partial charge in [0.1, 0.15) is 31.0 Å². The van der Waals surface area contributed by atoms with Crippen LogP contribution in [0.2, 0.25) is 0 Å². The van der Waals surface area contributed by atoms with Gasteiger partial charge in [0, 0.05) is 12.8 Å². The van der Waals surface area contributed by atoms with Gasteiger partial charge in [0.15, 0.2) is 12.4 Å². The average molecular weight is 731 g/mol. The van der Waals surface area contributed by atoms with Crippen LogP contribution in [-0.2, 0) is 28.5 Å². The SMILES string of the molecule is CCCCCCCCCCCCCCCC(=O)OC[C@@H](CO[C@@H]1O[C@H](CO)[C@@H](O)[C@H](O)[C@H]1O)OC(=O)CCCCCCCCCCCCCCC. The minimum atomic E-state index is -1.59. The van der Waals surface area contributed by atoms with Gasteiger partial charge in [-0.05, 0) is 12.8 Å². The van der Waals surface area contributed by atoms with E-state index in [1.165, 1.54) is 122 Å². The fourth-order valence-electron chi connectivity index (χ4n) is 6.60. The second-order valence-corrected chi connectivity index (χ2v) is 14.8. The third kappa shape index (κ3) is 25.4. The molecular weight excluding hydrogens is 652 g/mol. The molecule has 0 bridgehead atoms. The smallest absolute Gasteiger partial charge is 0.306 e. The number of rotatable bonds is 35. The largest absolute Gasteiger partial charge is 0.462 e. The van der Waals surface area contributed by atoms with Gasteiger partial charge in [0.05, 0.1) is 13.2 Å². The van der Waals surface area contributed by atoms with Crippen LogP contribution in [0.15, 0.2) is 0 Å². The lowest BCUT2D eigenvalue weighted by Crippen LogP contribution is -2.59. The van der Waals surface area contributed by atoms with Crippen LogP contribution in [0.3, 0.4) is 0 Å². The van der Waals surface area contributed by atoms with Gasteiger partial charge in [-0.15, -0.1) is 0 Å². The predicted octanol–water partition coefficient (Wildman–Crippen LogP) is 8.22. The van der Waals surface area contributed by atoms with E-state index >= 15 is 0 Å². The molecule has 1 heterocycles. The first kappa shape index (κ1) is 47.7. The second-order valence-electron chi connectivity index (χ2n) is 14.8. The summed E-state index contributed by atoms with van der Waals surface area (Å²) in [6.45, 7) is 3.43. The van der Waals surface area contributed by atoms with Gasteiger partial charge in [-0.25, -0.2) is 0 Å². The highest BCUT2D eigenvalue weighted by Gasteiger charge is 2.44. The molecule has 0 aromatic rings. The van der Waals surface area contributed by atoms with Crippen molar-refractivity contribution < 1.29 is 49.0 Å². The highest BCUT2D eigenvalue weighted by molar-refractivity contribution is 5.70. The fraction of sp³-hybridized carbons (Fsp3) is 0.951. The van der Waals surface area contributed by atoms with Crippen LogP contribution in [-0.4, -0.2) is 89.0 Å². The molecule has 1 saturated heterocycles. The molecule has 4 N–H and O–H groups in total. The average Bonchev–Trinajstić information content (AvgIpc) is 3.13. The molecule has 0 aromatic heterocycles. The summed E-state index contributed by atoms with van der Waals surface area (Å²) in [5, 5.41) is 40.0. The highest BCUT2D eigenvalue weighted by atomic mass is 16.7. The Labute approximate surface area is 310 Å². The minimum Gasteiger partial charge on any atom is -0.462 e. The maximum atomic E-state index is 12.7. The lowest BCUT2D eigenvalue weighted by molar-refractivity contribution is -0.305.